The van der Waals surface area contributed by atoms with Crippen LogP contribution in [0.2, 0.25) is 10.0 Å². The van der Waals surface area contributed by atoms with Gasteiger partial charge in [0.2, 0.25) is 5.76 Å². The Balaban J connectivity index is 1.69. The first kappa shape index (κ1) is 15.6. The summed E-state index contributed by atoms with van der Waals surface area (Å²) in [5, 5.41) is 7.88. The molecule has 1 aromatic heterocycles. The lowest BCUT2D eigenvalue weighted by Gasteiger charge is -2.03. The van der Waals surface area contributed by atoms with Crippen LogP contribution in [0, 0.1) is 0 Å². The smallest absolute Gasteiger partial charge is 0.290 e. The maximum Gasteiger partial charge on any atom is 0.290 e. The average Bonchev–Trinajstić information content (AvgIpc) is 3.03. The molecule has 3 aromatic rings. The van der Waals surface area contributed by atoms with Gasteiger partial charge in [0.25, 0.3) is 5.91 Å². The molecule has 0 bridgehead atoms. The average molecular weight is 347 g/mol. The number of nitrogens with one attached hydrogen (secondary N) is 1. The predicted octanol–water partition coefficient (Wildman–Crippen LogP) is 4.58. The zero-order valence-corrected chi connectivity index (χ0v) is 13.4. The molecule has 0 aliphatic rings. The Morgan fingerprint density at radius 2 is 1.78 bits per heavy atom. The molecule has 0 fully saturated rings. The van der Waals surface area contributed by atoms with Gasteiger partial charge >= 0.3 is 0 Å². The third-order valence-electron chi connectivity index (χ3n) is 3.20. The molecule has 1 heterocycles. The zero-order valence-electron chi connectivity index (χ0n) is 11.9. The van der Waals surface area contributed by atoms with Gasteiger partial charge < -0.3 is 9.84 Å². The molecule has 23 heavy (non-hydrogen) atoms. The fraction of sp³-hybridized carbons (Fsp3) is 0.0588. The number of aromatic nitrogens is 1. The Kier molecular flexibility index (Phi) is 4.65. The van der Waals surface area contributed by atoms with Crippen molar-refractivity contribution in [2.24, 2.45) is 0 Å². The summed E-state index contributed by atoms with van der Waals surface area (Å²) < 4.78 is 5.10. The van der Waals surface area contributed by atoms with E-state index in [2.05, 4.69) is 10.5 Å². The second kappa shape index (κ2) is 6.86. The van der Waals surface area contributed by atoms with Crippen molar-refractivity contribution in [3.63, 3.8) is 0 Å². The van der Waals surface area contributed by atoms with Gasteiger partial charge in [0.1, 0.15) is 5.69 Å². The number of nitrogens with zero attached hydrogens (tertiary/aromatic N) is 1. The lowest BCUT2D eigenvalue weighted by molar-refractivity contribution is 0.0914. The SMILES string of the molecule is O=C(NCc1cccc(Cl)c1)c1cc(-c2cccc(Cl)c2)no1. The van der Waals surface area contributed by atoms with E-state index in [0.29, 0.717) is 22.3 Å². The minimum Gasteiger partial charge on any atom is -0.350 e. The van der Waals surface area contributed by atoms with Crippen molar-refractivity contribution in [2.45, 2.75) is 6.54 Å². The lowest BCUT2D eigenvalue weighted by Crippen LogP contribution is -2.22. The molecule has 4 nitrogen and oxygen atoms in total. The van der Waals surface area contributed by atoms with Crippen molar-refractivity contribution < 1.29 is 9.32 Å². The number of hydrogen-bond acceptors (Lipinski definition) is 3. The molecular formula is C17H12Cl2N2O2. The first-order valence-corrected chi connectivity index (χ1v) is 7.63. The number of benzene rings is 2. The van der Waals surface area contributed by atoms with Crippen LogP contribution in [0.1, 0.15) is 16.1 Å². The Morgan fingerprint density at radius 3 is 2.52 bits per heavy atom. The highest BCUT2D eigenvalue weighted by Crippen LogP contribution is 2.22. The first-order chi connectivity index (χ1) is 11.1. The number of amides is 1. The molecule has 0 radical (unpaired) electrons. The fourth-order valence-electron chi connectivity index (χ4n) is 2.08. The van der Waals surface area contributed by atoms with Gasteiger partial charge in [-0.3, -0.25) is 4.79 Å². The van der Waals surface area contributed by atoms with E-state index in [4.69, 9.17) is 27.7 Å². The standard InChI is InChI=1S/C17H12Cl2N2O2/c18-13-5-1-3-11(7-13)10-20-17(22)16-9-15(21-23-16)12-4-2-6-14(19)8-12/h1-9H,10H2,(H,20,22). The maximum atomic E-state index is 12.1. The van der Waals surface area contributed by atoms with Crippen molar-refractivity contribution in [3.05, 3.63) is 76.0 Å². The van der Waals surface area contributed by atoms with Gasteiger partial charge in [-0.1, -0.05) is 52.6 Å². The van der Waals surface area contributed by atoms with E-state index in [1.165, 1.54) is 0 Å². The van der Waals surface area contributed by atoms with E-state index in [1.54, 1.807) is 30.3 Å². The van der Waals surface area contributed by atoms with Crippen LogP contribution in [-0.2, 0) is 6.54 Å². The molecule has 1 amide bonds. The summed E-state index contributed by atoms with van der Waals surface area (Å²) in [4.78, 5) is 12.1. The van der Waals surface area contributed by atoms with Crippen LogP contribution in [0.4, 0.5) is 0 Å². The van der Waals surface area contributed by atoms with E-state index in [1.807, 2.05) is 24.3 Å². The molecule has 116 valence electrons. The third kappa shape index (κ3) is 3.92. The Bertz CT molecular complexity index is 846. The Morgan fingerprint density at radius 1 is 1.04 bits per heavy atom. The van der Waals surface area contributed by atoms with Crippen molar-refractivity contribution in [2.75, 3.05) is 0 Å². The molecule has 0 spiro atoms. The van der Waals surface area contributed by atoms with E-state index >= 15 is 0 Å². The third-order valence-corrected chi connectivity index (χ3v) is 3.67. The summed E-state index contributed by atoms with van der Waals surface area (Å²) in [5.74, 6) is -0.201. The van der Waals surface area contributed by atoms with Crippen molar-refractivity contribution >= 4 is 29.1 Å². The van der Waals surface area contributed by atoms with Crippen LogP contribution in [0.15, 0.2) is 59.1 Å². The first-order valence-electron chi connectivity index (χ1n) is 6.87. The maximum absolute atomic E-state index is 12.1. The van der Waals surface area contributed by atoms with E-state index in [-0.39, 0.29) is 11.7 Å². The molecule has 2 aromatic carbocycles. The summed E-state index contributed by atoms with van der Waals surface area (Å²) in [5.41, 5.74) is 2.25. The highest BCUT2D eigenvalue weighted by atomic mass is 35.5. The molecule has 0 aliphatic heterocycles. The fourth-order valence-corrected chi connectivity index (χ4v) is 2.49. The topological polar surface area (TPSA) is 55.1 Å². The second-order valence-corrected chi connectivity index (χ2v) is 5.77. The number of hydrogen-bond donors (Lipinski definition) is 1. The van der Waals surface area contributed by atoms with Crippen LogP contribution in [-0.4, -0.2) is 11.1 Å². The number of carbonyl (C=O) groups excluding carboxylic acids is 1. The van der Waals surface area contributed by atoms with E-state index in [0.717, 1.165) is 11.1 Å². The minimum atomic E-state index is -0.342. The summed E-state index contributed by atoms with van der Waals surface area (Å²) in [6, 6.07) is 16.0. The van der Waals surface area contributed by atoms with Crippen LogP contribution in [0.25, 0.3) is 11.3 Å². The second-order valence-electron chi connectivity index (χ2n) is 4.90. The summed E-state index contributed by atoms with van der Waals surface area (Å²) >= 11 is 11.9. The molecule has 0 atom stereocenters. The van der Waals surface area contributed by atoms with Crippen molar-refractivity contribution in [1.29, 1.82) is 0 Å². The van der Waals surface area contributed by atoms with E-state index in [9.17, 15) is 4.79 Å². The monoisotopic (exact) mass is 346 g/mol. The number of carbonyl (C=O) groups is 1. The quantitative estimate of drug-likeness (QED) is 0.752. The molecule has 0 saturated carbocycles. The van der Waals surface area contributed by atoms with Crippen LogP contribution in [0.5, 0.6) is 0 Å². The molecular weight excluding hydrogens is 335 g/mol. The minimum absolute atomic E-state index is 0.141. The van der Waals surface area contributed by atoms with Crippen molar-refractivity contribution in [1.82, 2.24) is 10.5 Å². The molecule has 0 aliphatic carbocycles. The molecule has 6 heteroatoms. The highest BCUT2D eigenvalue weighted by molar-refractivity contribution is 6.31. The van der Waals surface area contributed by atoms with Crippen molar-refractivity contribution in [3.8, 4) is 11.3 Å². The molecule has 0 saturated heterocycles. The Labute approximate surface area is 143 Å². The molecule has 0 unspecified atom stereocenters. The normalized spacial score (nSPS) is 10.5. The highest BCUT2D eigenvalue weighted by Gasteiger charge is 2.14. The predicted molar refractivity (Wildman–Crippen MR) is 89.6 cm³/mol. The largest absolute Gasteiger partial charge is 0.350 e. The molecule has 1 N–H and O–H groups in total. The van der Waals surface area contributed by atoms with Crippen LogP contribution >= 0.6 is 23.2 Å². The van der Waals surface area contributed by atoms with E-state index < -0.39 is 0 Å². The van der Waals surface area contributed by atoms with Gasteiger partial charge in [-0.05, 0) is 29.8 Å². The number of rotatable bonds is 4. The summed E-state index contributed by atoms with van der Waals surface area (Å²) in [7, 11) is 0. The van der Waals surface area contributed by atoms with Crippen LogP contribution < -0.4 is 5.32 Å². The number of halogens is 2. The molecule has 3 rings (SSSR count). The van der Waals surface area contributed by atoms with Gasteiger partial charge in [0, 0.05) is 28.2 Å². The zero-order chi connectivity index (χ0) is 16.2. The van der Waals surface area contributed by atoms with Gasteiger partial charge in [0.05, 0.1) is 0 Å². The van der Waals surface area contributed by atoms with Gasteiger partial charge in [-0.15, -0.1) is 0 Å². The van der Waals surface area contributed by atoms with Gasteiger partial charge in [0.15, 0.2) is 0 Å². The lowest BCUT2D eigenvalue weighted by atomic mass is 10.1. The van der Waals surface area contributed by atoms with Crippen LogP contribution in [0.3, 0.4) is 0 Å². The Hall–Kier alpha value is -2.30. The van der Waals surface area contributed by atoms with Gasteiger partial charge in [-0.2, -0.15) is 0 Å². The summed E-state index contributed by atoms with van der Waals surface area (Å²) in [6.07, 6.45) is 0. The summed E-state index contributed by atoms with van der Waals surface area (Å²) in [6.45, 7) is 0.354. The van der Waals surface area contributed by atoms with Gasteiger partial charge in [-0.25, -0.2) is 0 Å².